The molecule has 0 spiro atoms. The molecule has 2 N–H and O–H groups in total. The molecule has 1 aliphatic heterocycles. The molecule has 1 amide bonds. The fourth-order valence-electron chi connectivity index (χ4n) is 3.96. The van der Waals surface area contributed by atoms with Crippen LogP contribution in [0.2, 0.25) is 0 Å². The fourth-order valence-corrected chi connectivity index (χ4v) is 3.96. The number of amides is 1. The number of hydrogen-bond donors (Lipinski definition) is 2. The monoisotopic (exact) mass is 404 g/mol. The van der Waals surface area contributed by atoms with E-state index in [0.29, 0.717) is 24.1 Å². The first-order chi connectivity index (χ1) is 14.5. The number of carbonyl (C=O) groups is 2. The molecular formula is C23H24N4O3. The number of rotatable bonds is 6. The van der Waals surface area contributed by atoms with Gasteiger partial charge in [0.05, 0.1) is 11.6 Å². The minimum atomic E-state index is -0.672. The van der Waals surface area contributed by atoms with Crippen molar-refractivity contribution in [3.63, 3.8) is 0 Å². The zero-order valence-corrected chi connectivity index (χ0v) is 17.0. The maximum atomic E-state index is 13.0. The molecule has 3 aromatic rings. The second-order valence-electron chi connectivity index (χ2n) is 7.68. The molecule has 2 aromatic heterocycles. The number of likely N-dealkylation sites (tertiary alicyclic amines) is 1. The Morgan fingerprint density at radius 3 is 2.73 bits per heavy atom. The maximum absolute atomic E-state index is 13.0. The molecule has 30 heavy (non-hydrogen) atoms. The number of hydrogen-bond acceptors (Lipinski definition) is 5. The Bertz CT molecular complexity index is 1120. The summed E-state index contributed by atoms with van der Waals surface area (Å²) in [5.74, 6) is -1.43. The van der Waals surface area contributed by atoms with Gasteiger partial charge in [-0.15, -0.1) is 0 Å². The largest absolute Gasteiger partial charge is 0.507 e. The average molecular weight is 404 g/mol. The molecular weight excluding hydrogens is 380 g/mol. The van der Waals surface area contributed by atoms with E-state index in [4.69, 9.17) is 0 Å². The first-order valence-electron chi connectivity index (χ1n) is 9.88. The molecule has 7 nitrogen and oxygen atoms in total. The number of fused-ring (bicyclic) bond motifs is 1. The number of aliphatic hydroxyl groups excluding tert-OH is 1. The predicted octanol–water partition coefficient (Wildman–Crippen LogP) is 2.94. The van der Waals surface area contributed by atoms with Crippen LogP contribution in [-0.2, 0) is 9.59 Å². The van der Waals surface area contributed by atoms with Crippen LogP contribution in [0.25, 0.3) is 16.7 Å². The van der Waals surface area contributed by atoms with Gasteiger partial charge in [-0.1, -0.05) is 24.3 Å². The summed E-state index contributed by atoms with van der Waals surface area (Å²) in [6.07, 6.45) is 5.66. The fraction of sp³-hybridized carbons (Fsp3) is 0.261. The van der Waals surface area contributed by atoms with Gasteiger partial charge in [0.15, 0.2) is 0 Å². The normalized spacial score (nSPS) is 18.6. The molecule has 1 saturated heterocycles. The number of aromatic nitrogens is 2. The molecule has 154 valence electrons. The molecule has 0 radical (unpaired) electrons. The highest BCUT2D eigenvalue weighted by atomic mass is 16.3. The number of nitrogens with one attached hydrogen (secondary N) is 1. The summed E-state index contributed by atoms with van der Waals surface area (Å²) in [7, 11) is 3.92. The van der Waals surface area contributed by atoms with E-state index in [1.165, 1.54) is 0 Å². The zero-order chi connectivity index (χ0) is 21.3. The van der Waals surface area contributed by atoms with Crippen LogP contribution in [0.15, 0.2) is 60.6 Å². The Morgan fingerprint density at radius 1 is 1.20 bits per heavy atom. The van der Waals surface area contributed by atoms with Crippen molar-refractivity contribution in [1.82, 2.24) is 19.8 Å². The van der Waals surface area contributed by atoms with Crippen molar-refractivity contribution >= 4 is 28.4 Å². The number of pyridine rings is 1. The molecule has 1 unspecified atom stereocenters. The second kappa shape index (κ2) is 8.12. The summed E-state index contributed by atoms with van der Waals surface area (Å²) in [6, 6.07) is 10.4. The summed E-state index contributed by atoms with van der Waals surface area (Å²) >= 11 is 0. The third kappa shape index (κ3) is 3.48. The highest BCUT2D eigenvalue weighted by Gasteiger charge is 2.46. The molecule has 0 saturated carbocycles. The first-order valence-corrected chi connectivity index (χ1v) is 9.88. The predicted molar refractivity (Wildman–Crippen MR) is 115 cm³/mol. The number of carbonyl (C=O) groups excluding carboxylic acids is 2. The van der Waals surface area contributed by atoms with E-state index >= 15 is 0 Å². The van der Waals surface area contributed by atoms with Crippen molar-refractivity contribution in [3.05, 3.63) is 71.7 Å². The summed E-state index contributed by atoms with van der Waals surface area (Å²) < 4.78 is 0. The Balaban J connectivity index is 1.83. The lowest BCUT2D eigenvalue weighted by Gasteiger charge is -2.25. The van der Waals surface area contributed by atoms with Crippen molar-refractivity contribution in [2.75, 3.05) is 27.2 Å². The lowest BCUT2D eigenvalue weighted by molar-refractivity contribution is -0.139. The number of aliphatic hydroxyl groups is 1. The van der Waals surface area contributed by atoms with Gasteiger partial charge in [0.1, 0.15) is 5.76 Å². The number of ketones is 1. The van der Waals surface area contributed by atoms with Crippen LogP contribution < -0.4 is 0 Å². The van der Waals surface area contributed by atoms with E-state index in [2.05, 4.69) is 9.97 Å². The molecule has 4 rings (SSSR count). The van der Waals surface area contributed by atoms with Gasteiger partial charge in [0.2, 0.25) is 0 Å². The van der Waals surface area contributed by atoms with Gasteiger partial charge in [-0.2, -0.15) is 0 Å². The van der Waals surface area contributed by atoms with E-state index in [1.807, 2.05) is 49.3 Å². The van der Waals surface area contributed by atoms with Crippen LogP contribution in [-0.4, -0.2) is 63.7 Å². The van der Waals surface area contributed by atoms with Crippen LogP contribution in [0.3, 0.4) is 0 Å². The molecule has 0 bridgehead atoms. The summed E-state index contributed by atoms with van der Waals surface area (Å²) in [5, 5.41) is 12.0. The molecule has 7 heteroatoms. The van der Waals surface area contributed by atoms with Crippen molar-refractivity contribution in [2.24, 2.45) is 0 Å². The zero-order valence-electron chi connectivity index (χ0n) is 17.0. The van der Waals surface area contributed by atoms with Crippen molar-refractivity contribution in [2.45, 2.75) is 12.5 Å². The average Bonchev–Trinajstić information content (AvgIpc) is 3.28. The molecule has 0 aliphatic carbocycles. The van der Waals surface area contributed by atoms with E-state index < -0.39 is 17.7 Å². The van der Waals surface area contributed by atoms with Gasteiger partial charge in [0.25, 0.3) is 11.7 Å². The summed E-state index contributed by atoms with van der Waals surface area (Å²) in [4.78, 5) is 36.8. The minimum Gasteiger partial charge on any atom is -0.507 e. The Labute approximate surface area is 174 Å². The van der Waals surface area contributed by atoms with Crippen molar-refractivity contribution in [1.29, 1.82) is 0 Å². The Kier molecular flexibility index (Phi) is 5.37. The van der Waals surface area contributed by atoms with E-state index in [1.54, 1.807) is 29.6 Å². The van der Waals surface area contributed by atoms with Gasteiger partial charge < -0.3 is 19.9 Å². The topological polar surface area (TPSA) is 89.5 Å². The number of para-hydroxylation sites is 1. The Morgan fingerprint density at radius 2 is 2.00 bits per heavy atom. The first kappa shape index (κ1) is 19.8. The summed E-state index contributed by atoms with van der Waals surface area (Å²) in [5.41, 5.74) is 2.15. The molecule has 3 heterocycles. The lowest BCUT2D eigenvalue weighted by Crippen LogP contribution is -2.32. The van der Waals surface area contributed by atoms with Crippen LogP contribution in [0.1, 0.15) is 23.6 Å². The quantitative estimate of drug-likeness (QED) is 0.375. The number of Topliss-reactive ketones (excluding diaryl/α,β-unsaturated/α-hetero) is 1. The van der Waals surface area contributed by atoms with Crippen molar-refractivity contribution < 1.29 is 14.7 Å². The minimum absolute atomic E-state index is 0.0996. The van der Waals surface area contributed by atoms with E-state index in [-0.39, 0.29) is 11.3 Å². The van der Waals surface area contributed by atoms with Crippen LogP contribution in [0, 0.1) is 0 Å². The van der Waals surface area contributed by atoms with Gasteiger partial charge in [-0.25, -0.2) is 0 Å². The number of H-pyrrole nitrogens is 1. The van der Waals surface area contributed by atoms with Gasteiger partial charge in [-0.3, -0.25) is 14.6 Å². The Hall–Kier alpha value is -3.45. The number of aromatic amines is 1. The van der Waals surface area contributed by atoms with Gasteiger partial charge >= 0.3 is 0 Å². The van der Waals surface area contributed by atoms with E-state index in [0.717, 1.165) is 17.4 Å². The second-order valence-corrected chi connectivity index (χ2v) is 7.68. The van der Waals surface area contributed by atoms with Crippen LogP contribution in [0.4, 0.5) is 0 Å². The van der Waals surface area contributed by atoms with Crippen LogP contribution >= 0.6 is 0 Å². The maximum Gasteiger partial charge on any atom is 0.295 e. The number of nitrogens with zero attached hydrogens (tertiary/aromatic N) is 3. The lowest BCUT2D eigenvalue weighted by atomic mass is 9.96. The summed E-state index contributed by atoms with van der Waals surface area (Å²) in [6.45, 7) is 1.19. The highest BCUT2D eigenvalue weighted by Crippen LogP contribution is 2.40. The molecule has 1 atom stereocenters. The van der Waals surface area contributed by atoms with E-state index in [9.17, 15) is 14.7 Å². The van der Waals surface area contributed by atoms with Gasteiger partial charge in [-0.05, 0) is 44.8 Å². The third-order valence-corrected chi connectivity index (χ3v) is 5.39. The standard InChI is InChI=1S/C23H24N4O3/c1-26(2)11-6-12-27-20(15-7-5-10-24-13-15)19(22(29)23(27)30)21(28)17-14-25-18-9-4-3-8-16(17)18/h3-5,7-10,13-14,20,25,28H,6,11-12H2,1-2H3. The number of benzene rings is 1. The van der Waals surface area contributed by atoms with Crippen LogP contribution in [0.5, 0.6) is 0 Å². The van der Waals surface area contributed by atoms with Crippen molar-refractivity contribution in [3.8, 4) is 0 Å². The molecule has 1 aliphatic rings. The SMILES string of the molecule is CN(C)CCCN1C(=O)C(=O)C(=C(O)c2c[nH]c3ccccc23)C1c1cccnc1. The molecule has 1 fully saturated rings. The highest BCUT2D eigenvalue weighted by molar-refractivity contribution is 6.46. The molecule has 1 aromatic carbocycles. The van der Waals surface area contributed by atoms with Gasteiger partial charge in [0, 0.05) is 41.6 Å². The third-order valence-electron chi connectivity index (χ3n) is 5.39. The smallest absolute Gasteiger partial charge is 0.295 e.